The minimum Gasteiger partial charge on any atom is -0.494 e. The summed E-state index contributed by atoms with van der Waals surface area (Å²) in [6, 6.07) is 9.11. The first-order valence-electron chi connectivity index (χ1n) is 8.85. The smallest absolute Gasteiger partial charge is 0.273 e. The van der Waals surface area contributed by atoms with Gasteiger partial charge < -0.3 is 19.5 Å². The molecule has 156 valence electrons. The molecule has 29 heavy (non-hydrogen) atoms. The fourth-order valence-electron chi connectivity index (χ4n) is 2.82. The Kier molecular flexibility index (Phi) is 7.38. The van der Waals surface area contributed by atoms with E-state index in [0.717, 1.165) is 5.56 Å². The first-order valence-corrected chi connectivity index (χ1v) is 8.85. The predicted molar refractivity (Wildman–Crippen MR) is 109 cm³/mol. The molecule has 0 aromatic heterocycles. The summed E-state index contributed by atoms with van der Waals surface area (Å²) in [5.41, 5.74) is 1.12. The molecule has 0 bridgehead atoms. The molecule has 0 heterocycles. The molecule has 2 aromatic carbocycles. The van der Waals surface area contributed by atoms with Gasteiger partial charge in [0.2, 0.25) is 5.91 Å². The van der Waals surface area contributed by atoms with E-state index in [4.69, 9.17) is 14.2 Å². The zero-order valence-electron chi connectivity index (χ0n) is 17.1. The van der Waals surface area contributed by atoms with Crippen LogP contribution in [0.5, 0.6) is 17.2 Å². The van der Waals surface area contributed by atoms with E-state index >= 15 is 0 Å². The summed E-state index contributed by atoms with van der Waals surface area (Å²) in [6.45, 7) is 2.21. The Bertz CT molecular complexity index is 887. The lowest BCUT2D eigenvalue weighted by atomic mass is 10.1. The minimum absolute atomic E-state index is 0.116. The van der Waals surface area contributed by atoms with Gasteiger partial charge in [0, 0.05) is 18.2 Å². The van der Waals surface area contributed by atoms with Gasteiger partial charge in [-0.25, -0.2) is 0 Å². The summed E-state index contributed by atoms with van der Waals surface area (Å²) in [5, 5.41) is 13.7. The third-order valence-corrected chi connectivity index (χ3v) is 4.60. The van der Waals surface area contributed by atoms with E-state index in [9.17, 15) is 14.9 Å². The number of anilines is 1. The molecule has 2 aromatic rings. The minimum atomic E-state index is -0.522. The van der Waals surface area contributed by atoms with Crippen molar-refractivity contribution in [2.45, 2.75) is 19.5 Å². The molecule has 0 unspecified atom stereocenters. The molecule has 9 nitrogen and oxygen atoms in total. The number of nitrogens with zero attached hydrogens (tertiary/aromatic N) is 2. The molecule has 1 atom stereocenters. The predicted octanol–water partition coefficient (Wildman–Crippen LogP) is 3.08. The van der Waals surface area contributed by atoms with Crippen molar-refractivity contribution in [1.82, 2.24) is 4.90 Å². The van der Waals surface area contributed by atoms with Gasteiger partial charge in [0.05, 0.1) is 44.0 Å². The van der Waals surface area contributed by atoms with E-state index in [1.54, 1.807) is 27.2 Å². The van der Waals surface area contributed by atoms with Crippen molar-refractivity contribution >= 4 is 17.3 Å². The maximum absolute atomic E-state index is 12.7. The van der Waals surface area contributed by atoms with Gasteiger partial charge in [-0.2, -0.15) is 0 Å². The Morgan fingerprint density at radius 1 is 1.14 bits per heavy atom. The Morgan fingerprint density at radius 3 is 2.41 bits per heavy atom. The van der Waals surface area contributed by atoms with Crippen LogP contribution in [0.2, 0.25) is 0 Å². The number of non-ortho nitro benzene ring substituents is 1. The second kappa shape index (κ2) is 9.74. The second-order valence-electron chi connectivity index (χ2n) is 6.37. The highest BCUT2D eigenvalue weighted by molar-refractivity contribution is 5.96. The number of nitrogens with one attached hydrogen (secondary N) is 1. The molecular weight excluding hydrogens is 378 g/mol. The number of carbonyl (C=O) groups is 1. The molecule has 2 rings (SSSR count). The van der Waals surface area contributed by atoms with Gasteiger partial charge in [-0.05, 0) is 26.1 Å². The zero-order valence-corrected chi connectivity index (χ0v) is 17.1. The van der Waals surface area contributed by atoms with Crippen LogP contribution in [0.1, 0.15) is 12.5 Å². The molecule has 0 aliphatic carbocycles. The van der Waals surface area contributed by atoms with Gasteiger partial charge in [-0.15, -0.1) is 0 Å². The van der Waals surface area contributed by atoms with Crippen molar-refractivity contribution < 1.29 is 23.9 Å². The summed E-state index contributed by atoms with van der Waals surface area (Å²) in [7, 11) is 6.34. The molecule has 1 amide bonds. The molecule has 0 aliphatic rings. The third-order valence-electron chi connectivity index (χ3n) is 4.60. The van der Waals surface area contributed by atoms with Gasteiger partial charge >= 0.3 is 0 Å². The van der Waals surface area contributed by atoms with Crippen LogP contribution < -0.4 is 19.5 Å². The molecule has 0 radical (unpaired) electrons. The SMILES string of the molecule is COc1cc([N+](=O)[O-])ccc1NC(=O)[C@H](C)N(C)Cc1cccc(OC)c1OC. The highest BCUT2D eigenvalue weighted by Crippen LogP contribution is 2.32. The van der Waals surface area contributed by atoms with Crippen LogP contribution in [0.4, 0.5) is 11.4 Å². The van der Waals surface area contributed by atoms with E-state index in [0.29, 0.717) is 23.7 Å². The van der Waals surface area contributed by atoms with Crippen molar-refractivity contribution in [3.63, 3.8) is 0 Å². The van der Waals surface area contributed by atoms with Crippen LogP contribution in [0, 0.1) is 10.1 Å². The van der Waals surface area contributed by atoms with E-state index in [1.807, 2.05) is 24.1 Å². The number of nitro groups is 1. The fraction of sp³-hybridized carbons (Fsp3) is 0.350. The molecule has 0 aliphatic heterocycles. The third kappa shape index (κ3) is 5.14. The number of methoxy groups -OCH3 is 3. The number of hydrogen-bond acceptors (Lipinski definition) is 7. The number of ether oxygens (including phenoxy) is 3. The largest absolute Gasteiger partial charge is 0.494 e. The summed E-state index contributed by atoms with van der Waals surface area (Å²) in [6.07, 6.45) is 0. The number of amides is 1. The van der Waals surface area contributed by atoms with Gasteiger partial charge in [-0.1, -0.05) is 12.1 Å². The highest BCUT2D eigenvalue weighted by atomic mass is 16.6. The molecule has 1 N–H and O–H groups in total. The van der Waals surface area contributed by atoms with Gasteiger partial charge in [0.25, 0.3) is 5.69 Å². The summed E-state index contributed by atoms with van der Waals surface area (Å²) in [4.78, 5) is 24.9. The van der Waals surface area contributed by atoms with Crippen LogP contribution in [0.25, 0.3) is 0 Å². The van der Waals surface area contributed by atoms with E-state index < -0.39 is 11.0 Å². The first-order chi connectivity index (χ1) is 13.8. The van der Waals surface area contributed by atoms with Crippen LogP contribution in [-0.4, -0.2) is 50.1 Å². The molecule has 0 saturated carbocycles. The van der Waals surface area contributed by atoms with Gasteiger partial charge in [0.15, 0.2) is 11.5 Å². The standard InChI is InChI=1S/C20H25N3O6/c1-13(22(2)12-14-7-6-8-17(27-3)19(14)29-5)20(24)21-16-10-9-15(23(25)26)11-18(16)28-4/h6-11,13H,12H2,1-5H3,(H,21,24)/t13-/m0/s1. The molecular formula is C20H25N3O6. The first kappa shape index (κ1) is 22.0. The number of likely N-dealkylation sites (N-methyl/N-ethyl adjacent to an activating group) is 1. The second-order valence-corrected chi connectivity index (χ2v) is 6.37. The normalized spacial score (nSPS) is 11.7. The average molecular weight is 403 g/mol. The van der Waals surface area contributed by atoms with Crippen molar-refractivity contribution in [1.29, 1.82) is 0 Å². The molecule has 0 fully saturated rings. The maximum atomic E-state index is 12.7. The quantitative estimate of drug-likeness (QED) is 0.507. The van der Waals surface area contributed by atoms with Crippen molar-refractivity contribution in [3.8, 4) is 17.2 Å². The summed E-state index contributed by atoms with van der Waals surface area (Å²) < 4.78 is 15.9. The lowest BCUT2D eigenvalue weighted by Gasteiger charge is -2.25. The molecule has 0 saturated heterocycles. The van der Waals surface area contributed by atoms with Crippen LogP contribution in [0.15, 0.2) is 36.4 Å². The fourth-order valence-corrected chi connectivity index (χ4v) is 2.82. The summed E-state index contributed by atoms with van der Waals surface area (Å²) >= 11 is 0. The lowest BCUT2D eigenvalue weighted by molar-refractivity contribution is -0.384. The van der Waals surface area contributed by atoms with E-state index in [2.05, 4.69) is 5.32 Å². The van der Waals surface area contributed by atoms with Crippen molar-refractivity contribution in [3.05, 3.63) is 52.1 Å². The summed E-state index contributed by atoms with van der Waals surface area (Å²) in [5.74, 6) is 1.18. The van der Waals surface area contributed by atoms with E-state index in [1.165, 1.54) is 25.3 Å². The number of rotatable bonds is 9. The maximum Gasteiger partial charge on any atom is 0.273 e. The molecule has 9 heteroatoms. The van der Waals surface area contributed by atoms with Crippen molar-refractivity contribution in [2.75, 3.05) is 33.7 Å². The number of benzene rings is 2. The number of carbonyl (C=O) groups excluding carboxylic acids is 1. The number of nitro benzene ring substituents is 1. The lowest BCUT2D eigenvalue weighted by Crippen LogP contribution is -2.39. The van der Waals surface area contributed by atoms with Crippen LogP contribution in [0.3, 0.4) is 0 Å². The van der Waals surface area contributed by atoms with Crippen LogP contribution in [-0.2, 0) is 11.3 Å². The number of hydrogen-bond donors (Lipinski definition) is 1. The van der Waals surface area contributed by atoms with E-state index in [-0.39, 0.29) is 17.3 Å². The monoisotopic (exact) mass is 403 g/mol. The molecule has 0 spiro atoms. The average Bonchev–Trinajstić information content (AvgIpc) is 2.72. The highest BCUT2D eigenvalue weighted by Gasteiger charge is 2.22. The van der Waals surface area contributed by atoms with Gasteiger partial charge in [0.1, 0.15) is 5.75 Å². The number of para-hydroxylation sites is 1. The van der Waals surface area contributed by atoms with Gasteiger partial charge in [-0.3, -0.25) is 19.8 Å². The Balaban J connectivity index is 2.13. The Morgan fingerprint density at radius 2 is 1.83 bits per heavy atom. The topological polar surface area (TPSA) is 103 Å². The zero-order chi connectivity index (χ0) is 21.6. The van der Waals surface area contributed by atoms with Crippen LogP contribution >= 0.6 is 0 Å². The Hall–Kier alpha value is -3.33. The van der Waals surface area contributed by atoms with Crippen molar-refractivity contribution in [2.24, 2.45) is 0 Å². The Labute approximate surface area is 169 Å².